The quantitative estimate of drug-likeness (QED) is 0.596. The van der Waals surface area contributed by atoms with Gasteiger partial charge in [-0.15, -0.1) is 0 Å². The first-order valence-electron chi connectivity index (χ1n) is 5.51. The summed E-state index contributed by atoms with van der Waals surface area (Å²) in [5, 5.41) is 0. The molecule has 1 unspecified atom stereocenters. The maximum Gasteiger partial charge on any atom is 0.422 e. The molecule has 1 saturated carbocycles. The summed E-state index contributed by atoms with van der Waals surface area (Å²) in [5.74, 6) is 0.111. The molecule has 104 valence electrons. The van der Waals surface area contributed by atoms with E-state index in [0.717, 1.165) is 12.8 Å². The van der Waals surface area contributed by atoms with Crippen LogP contribution < -0.4 is 15.2 Å². The number of nitrogens with two attached hydrogens (primary N) is 1. The zero-order valence-corrected chi connectivity index (χ0v) is 11.8. The minimum Gasteiger partial charge on any atom is -0.446 e. The van der Waals surface area contributed by atoms with Gasteiger partial charge in [0.05, 0.1) is 17.1 Å². The Hall–Kier alpha value is -0.930. The second kappa shape index (κ2) is 5.81. The Morgan fingerprint density at radius 1 is 1.44 bits per heavy atom. The van der Waals surface area contributed by atoms with E-state index in [1.54, 1.807) is 18.6 Å². The lowest BCUT2D eigenvalue weighted by atomic mass is 10.2. The lowest BCUT2D eigenvalue weighted by molar-refractivity contribution is 0.121. The van der Waals surface area contributed by atoms with Gasteiger partial charge in [-0.2, -0.15) is 13.1 Å². The van der Waals surface area contributed by atoms with Crippen molar-refractivity contribution >= 4 is 33.5 Å². The van der Waals surface area contributed by atoms with Gasteiger partial charge in [-0.3, -0.25) is 0 Å². The monoisotopic (exact) mass is 295 g/mol. The van der Waals surface area contributed by atoms with Crippen LogP contribution in [0.4, 0.5) is 4.79 Å². The molecule has 1 aliphatic carbocycles. The van der Waals surface area contributed by atoms with Gasteiger partial charge in [-0.1, -0.05) is 12.2 Å². The molecule has 0 aromatic rings. The maximum absolute atomic E-state index is 11.6. The van der Waals surface area contributed by atoms with Crippen LogP contribution in [0.2, 0.25) is 0 Å². The molecule has 18 heavy (non-hydrogen) atoms. The van der Waals surface area contributed by atoms with E-state index >= 15 is 0 Å². The molecule has 0 aliphatic heterocycles. The number of amides is 1. The van der Waals surface area contributed by atoms with E-state index in [1.165, 1.54) is 0 Å². The van der Waals surface area contributed by atoms with Gasteiger partial charge in [0, 0.05) is 0 Å². The molecule has 0 bridgehead atoms. The van der Waals surface area contributed by atoms with Gasteiger partial charge < -0.3 is 10.5 Å². The van der Waals surface area contributed by atoms with E-state index in [-0.39, 0.29) is 10.9 Å². The molecule has 0 saturated heterocycles. The lowest BCUT2D eigenvalue weighted by Crippen LogP contribution is -2.50. The zero-order valence-electron chi connectivity index (χ0n) is 10.2. The first-order valence-corrected chi connectivity index (χ1v) is 7.40. The van der Waals surface area contributed by atoms with E-state index in [2.05, 4.69) is 9.46 Å². The minimum absolute atomic E-state index is 0.0695. The van der Waals surface area contributed by atoms with Gasteiger partial charge in [0.25, 0.3) is 0 Å². The molecular weight excluding hydrogens is 278 g/mol. The number of hydrogen-bond donors (Lipinski definition) is 3. The van der Waals surface area contributed by atoms with Gasteiger partial charge in [-0.05, 0) is 32.6 Å². The van der Waals surface area contributed by atoms with Gasteiger partial charge in [0.2, 0.25) is 0 Å². The van der Waals surface area contributed by atoms with E-state index in [4.69, 9.17) is 18.0 Å². The van der Waals surface area contributed by atoms with Crippen molar-refractivity contribution < 1.29 is 17.9 Å². The highest BCUT2D eigenvalue weighted by Crippen LogP contribution is 2.32. The van der Waals surface area contributed by atoms with Crippen molar-refractivity contribution in [1.29, 1.82) is 0 Å². The fourth-order valence-corrected chi connectivity index (χ4v) is 2.67. The molecule has 1 aliphatic rings. The Balaban J connectivity index is 2.57. The molecule has 0 heterocycles. The molecule has 0 aromatic carbocycles. The number of thiocarbonyl (C=S) groups is 1. The van der Waals surface area contributed by atoms with Crippen molar-refractivity contribution in [3.8, 4) is 0 Å². The van der Waals surface area contributed by atoms with Crippen LogP contribution in [0, 0.1) is 5.92 Å². The standard InChI is InChI=1S/C9H17N3O4S2/c1-5(2)16-9(13)12-18(14,15)11-7(8(10)17)6-3-4-6/h5-7,11H,3-4H2,1-2H3,(H2,10,17)(H,12,13). The highest BCUT2D eigenvalue weighted by Gasteiger charge is 2.36. The van der Waals surface area contributed by atoms with Crippen molar-refractivity contribution in [2.75, 3.05) is 0 Å². The van der Waals surface area contributed by atoms with Crippen LogP contribution in [0.1, 0.15) is 26.7 Å². The summed E-state index contributed by atoms with van der Waals surface area (Å²) in [6, 6.07) is -0.621. The average Bonchev–Trinajstić information content (AvgIpc) is 2.94. The van der Waals surface area contributed by atoms with Crippen LogP contribution in [0.25, 0.3) is 0 Å². The predicted molar refractivity (Wildman–Crippen MR) is 70.1 cm³/mol. The SMILES string of the molecule is CC(C)OC(=O)NS(=O)(=O)NC(C(N)=S)C1CC1. The summed E-state index contributed by atoms with van der Waals surface area (Å²) in [6.07, 6.45) is 0.284. The Labute approximate surface area is 112 Å². The first-order chi connectivity index (χ1) is 8.21. The van der Waals surface area contributed by atoms with Crippen LogP contribution in [0.3, 0.4) is 0 Å². The van der Waals surface area contributed by atoms with E-state index in [1.807, 2.05) is 0 Å². The second-order valence-electron chi connectivity index (χ2n) is 4.39. The van der Waals surface area contributed by atoms with Crippen LogP contribution >= 0.6 is 12.2 Å². The summed E-state index contributed by atoms with van der Waals surface area (Å²) in [6.45, 7) is 3.23. The highest BCUT2D eigenvalue weighted by atomic mass is 32.2. The van der Waals surface area contributed by atoms with E-state index in [0.29, 0.717) is 0 Å². The molecule has 1 fully saturated rings. The fourth-order valence-electron chi connectivity index (χ4n) is 1.36. The molecule has 1 amide bonds. The number of ether oxygens (including phenoxy) is 1. The molecule has 4 N–H and O–H groups in total. The number of carbonyl (C=O) groups excluding carboxylic acids is 1. The average molecular weight is 295 g/mol. The minimum atomic E-state index is -4.02. The number of rotatable bonds is 6. The number of hydrogen-bond acceptors (Lipinski definition) is 5. The van der Waals surface area contributed by atoms with Gasteiger partial charge in [0.15, 0.2) is 0 Å². The van der Waals surface area contributed by atoms with Crippen molar-refractivity contribution in [3.63, 3.8) is 0 Å². The maximum atomic E-state index is 11.6. The van der Waals surface area contributed by atoms with Crippen LogP contribution in [-0.4, -0.2) is 31.6 Å². The number of carbonyl (C=O) groups is 1. The Kier molecular flexibility index (Phi) is 4.88. The molecule has 1 atom stereocenters. The summed E-state index contributed by atoms with van der Waals surface area (Å²) in [7, 11) is -4.02. The molecule has 7 nitrogen and oxygen atoms in total. The van der Waals surface area contributed by atoms with Gasteiger partial charge >= 0.3 is 16.3 Å². The fraction of sp³-hybridized carbons (Fsp3) is 0.778. The Morgan fingerprint density at radius 2 is 2.00 bits per heavy atom. The third-order valence-corrected chi connectivity index (χ3v) is 3.50. The largest absolute Gasteiger partial charge is 0.446 e. The molecule has 0 radical (unpaired) electrons. The smallest absolute Gasteiger partial charge is 0.422 e. The third kappa shape index (κ3) is 5.15. The zero-order chi connectivity index (χ0) is 13.9. The van der Waals surface area contributed by atoms with Gasteiger partial charge in [-0.25, -0.2) is 9.52 Å². The van der Waals surface area contributed by atoms with E-state index < -0.39 is 28.4 Å². The topological polar surface area (TPSA) is 111 Å². The van der Waals surface area contributed by atoms with Crippen molar-refractivity contribution in [2.45, 2.75) is 38.8 Å². The Morgan fingerprint density at radius 3 is 2.39 bits per heavy atom. The first kappa shape index (κ1) is 15.1. The van der Waals surface area contributed by atoms with Crippen LogP contribution in [-0.2, 0) is 14.9 Å². The summed E-state index contributed by atoms with van der Waals surface area (Å²) in [4.78, 5) is 11.3. The predicted octanol–water partition coefficient (Wildman–Crippen LogP) is 0.0201. The molecule has 1 rings (SSSR count). The molecule has 0 aromatic heterocycles. The van der Waals surface area contributed by atoms with Crippen molar-refractivity contribution in [2.24, 2.45) is 11.7 Å². The lowest BCUT2D eigenvalue weighted by Gasteiger charge is -2.17. The molecule has 9 heteroatoms. The summed E-state index contributed by atoms with van der Waals surface area (Å²) < 4.78 is 31.9. The van der Waals surface area contributed by atoms with Crippen LogP contribution in [0.15, 0.2) is 0 Å². The van der Waals surface area contributed by atoms with Crippen molar-refractivity contribution in [3.05, 3.63) is 0 Å². The summed E-state index contributed by atoms with van der Waals surface area (Å²) >= 11 is 4.79. The Bertz CT molecular complexity index is 431. The number of nitrogens with one attached hydrogen (secondary N) is 2. The van der Waals surface area contributed by atoms with Gasteiger partial charge in [0.1, 0.15) is 0 Å². The molecular formula is C9H17N3O4S2. The summed E-state index contributed by atoms with van der Waals surface area (Å²) in [5.41, 5.74) is 5.46. The highest BCUT2D eigenvalue weighted by molar-refractivity contribution is 7.88. The third-order valence-electron chi connectivity index (χ3n) is 2.24. The van der Waals surface area contributed by atoms with E-state index in [9.17, 15) is 13.2 Å². The molecule has 0 spiro atoms. The van der Waals surface area contributed by atoms with Crippen molar-refractivity contribution in [1.82, 2.24) is 9.44 Å². The van der Waals surface area contributed by atoms with Crippen LogP contribution in [0.5, 0.6) is 0 Å². The normalized spacial score (nSPS) is 17.3. The second-order valence-corrected chi connectivity index (χ2v) is 6.31.